The molecule has 4 aromatic rings. The summed E-state index contributed by atoms with van der Waals surface area (Å²) in [4.78, 5) is 13.1. The lowest BCUT2D eigenvalue weighted by atomic mass is 10.2. The van der Waals surface area contributed by atoms with E-state index in [-0.39, 0.29) is 0 Å². The largest absolute Gasteiger partial charge is 0.497 e. The van der Waals surface area contributed by atoms with Gasteiger partial charge < -0.3 is 25.8 Å². The van der Waals surface area contributed by atoms with Crippen LogP contribution in [0.3, 0.4) is 0 Å². The molecule has 4 N–H and O–H groups in total. The van der Waals surface area contributed by atoms with Crippen molar-refractivity contribution in [3.05, 3.63) is 48.3 Å². The maximum absolute atomic E-state index is 6.31. The molecule has 8 nitrogen and oxygen atoms in total. The molecule has 0 aliphatic heterocycles. The molecule has 0 amide bonds. The first-order valence-corrected chi connectivity index (χ1v) is 9.63. The number of aryl methyl sites for hydroxylation is 1. The Morgan fingerprint density at radius 2 is 1.76 bits per heavy atom. The van der Waals surface area contributed by atoms with Gasteiger partial charge in [0.1, 0.15) is 23.5 Å². The molecule has 0 bridgehead atoms. The standard InChI is InChI=1S/C20H20N6O2S/c1-11-4-7-15(28-3)14(8-11)24-18-17(21)19(23-10-22-18)26-20-25-13-6-5-12(27-2)9-16(13)29-20/h4-10H,21H2,1-3H3,(H2,22,23,24,25,26). The van der Waals surface area contributed by atoms with Crippen molar-refractivity contribution in [2.75, 3.05) is 30.6 Å². The van der Waals surface area contributed by atoms with E-state index in [1.807, 2.05) is 43.3 Å². The fourth-order valence-corrected chi connectivity index (χ4v) is 3.72. The third-order valence-corrected chi connectivity index (χ3v) is 5.25. The summed E-state index contributed by atoms with van der Waals surface area (Å²) in [5.41, 5.74) is 9.43. The molecule has 148 valence electrons. The maximum atomic E-state index is 6.31. The van der Waals surface area contributed by atoms with Gasteiger partial charge in [0.05, 0.1) is 30.1 Å². The summed E-state index contributed by atoms with van der Waals surface area (Å²) in [6, 6.07) is 11.6. The van der Waals surface area contributed by atoms with Gasteiger partial charge in [0.15, 0.2) is 16.8 Å². The minimum atomic E-state index is 0.382. The maximum Gasteiger partial charge on any atom is 0.189 e. The first-order chi connectivity index (χ1) is 14.1. The minimum Gasteiger partial charge on any atom is -0.497 e. The quantitative estimate of drug-likeness (QED) is 0.429. The Morgan fingerprint density at radius 1 is 0.966 bits per heavy atom. The van der Waals surface area contributed by atoms with E-state index in [0.717, 1.165) is 27.2 Å². The lowest BCUT2D eigenvalue weighted by Crippen LogP contribution is -2.05. The monoisotopic (exact) mass is 408 g/mol. The van der Waals surface area contributed by atoms with Crippen LogP contribution >= 0.6 is 11.3 Å². The zero-order chi connectivity index (χ0) is 20.4. The number of methoxy groups -OCH3 is 2. The molecule has 2 heterocycles. The van der Waals surface area contributed by atoms with E-state index in [9.17, 15) is 0 Å². The summed E-state index contributed by atoms with van der Waals surface area (Å²) in [7, 11) is 3.26. The molecule has 0 saturated heterocycles. The van der Waals surface area contributed by atoms with Gasteiger partial charge in [0, 0.05) is 0 Å². The van der Waals surface area contributed by atoms with Crippen LogP contribution in [-0.4, -0.2) is 29.2 Å². The predicted molar refractivity (Wildman–Crippen MR) is 117 cm³/mol. The Kier molecular flexibility index (Phi) is 5.05. The average Bonchev–Trinajstić information content (AvgIpc) is 3.12. The zero-order valence-electron chi connectivity index (χ0n) is 16.2. The highest BCUT2D eigenvalue weighted by atomic mass is 32.1. The van der Waals surface area contributed by atoms with Gasteiger partial charge >= 0.3 is 0 Å². The number of anilines is 5. The Hall–Kier alpha value is -3.59. The predicted octanol–water partition coefficient (Wildman–Crippen LogP) is 4.48. The van der Waals surface area contributed by atoms with Crippen molar-refractivity contribution in [2.24, 2.45) is 0 Å². The van der Waals surface area contributed by atoms with E-state index < -0.39 is 0 Å². The number of rotatable bonds is 6. The molecule has 0 unspecified atom stereocenters. The van der Waals surface area contributed by atoms with Crippen LogP contribution in [0.15, 0.2) is 42.7 Å². The number of benzene rings is 2. The molecule has 4 rings (SSSR count). The van der Waals surface area contributed by atoms with E-state index >= 15 is 0 Å². The minimum absolute atomic E-state index is 0.382. The number of nitrogens with one attached hydrogen (secondary N) is 2. The molecule has 0 saturated carbocycles. The molecule has 0 aliphatic rings. The van der Waals surface area contributed by atoms with Crippen molar-refractivity contribution >= 4 is 49.7 Å². The number of nitrogen functional groups attached to an aromatic ring is 1. The summed E-state index contributed by atoms with van der Waals surface area (Å²) >= 11 is 1.49. The van der Waals surface area contributed by atoms with Crippen LogP contribution in [0.1, 0.15) is 5.56 Å². The Bertz CT molecular complexity index is 1180. The number of nitrogens with zero attached hydrogens (tertiary/aromatic N) is 3. The average molecular weight is 408 g/mol. The SMILES string of the molecule is COc1ccc2nc(Nc3ncnc(Nc4cc(C)ccc4OC)c3N)sc2c1. The highest BCUT2D eigenvalue weighted by molar-refractivity contribution is 7.22. The fourth-order valence-electron chi connectivity index (χ4n) is 2.83. The number of fused-ring (bicyclic) bond motifs is 1. The van der Waals surface area contributed by atoms with E-state index in [1.54, 1.807) is 14.2 Å². The molecule has 0 spiro atoms. The van der Waals surface area contributed by atoms with Gasteiger partial charge in [0.2, 0.25) is 0 Å². The highest BCUT2D eigenvalue weighted by Crippen LogP contribution is 2.35. The van der Waals surface area contributed by atoms with Crippen molar-refractivity contribution < 1.29 is 9.47 Å². The topological polar surface area (TPSA) is 107 Å². The Morgan fingerprint density at radius 3 is 2.52 bits per heavy atom. The van der Waals surface area contributed by atoms with Crippen LogP contribution < -0.4 is 25.8 Å². The van der Waals surface area contributed by atoms with Gasteiger partial charge in [-0.05, 0) is 42.8 Å². The molecule has 0 atom stereocenters. The van der Waals surface area contributed by atoms with Crippen molar-refractivity contribution in [3.63, 3.8) is 0 Å². The molecular weight excluding hydrogens is 388 g/mol. The van der Waals surface area contributed by atoms with Crippen molar-refractivity contribution in [1.82, 2.24) is 15.0 Å². The summed E-state index contributed by atoms with van der Waals surface area (Å²) in [5.74, 6) is 2.44. The van der Waals surface area contributed by atoms with Gasteiger partial charge in [-0.1, -0.05) is 17.4 Å². The summed E-state index contributed by atoms with van der Waals surface area (Å²) in [6.07, 6.45) is 1.44. The third-order valence-electron chi connectivity index (χ3n) is 4.31. The molecule has 0 aliphatic carbocycles. The summed E-state index contributed by atoms with van der Waals surface area (Å²) in [6.45, 7) is 2.00. The second kappa shape index (κ2) is 7.80. The van der Waals surface area contributed by atoms with Gasteiger partial charge in [-0.3, -0.25) is 0 Å². The molecular formula is C20H20N6O2S. The van der Waals surface area contributed by atoms with E-state index in [4.69, 9.17) is 15.2 Å². The van der Waals surface area contributed by atoms with Gasteiger partial charge in [-0.2, -0.15) is 0 Å². The molecule has 2 aromatic carbocycles. The van der Waals surface area contributed by atoms with Gasteiger partial charge in [-0.25, -0.2) is 15.0 Å². The van der Waals surface area contributed by atoms with Crippen LogP contribution in [0, 0.1) is 6.92 Å². The first kappa shape index (κ1) is 18.8. The third kappa shape index (κ3) is 3.85. The Labute approximate surface area is 171 Å². The summed E-state index contributed by atoms with van der Waals surface area (Å²) < 4.78 is 11.7. The van der Waals surface area contributed by atoms with Gasteiger partial charge in [0.25, 0.3) is 0 Å². The van der Waals surface area contributed by atoms with Gasteiger partial charge in [-0.15, -0.1) is 0 Å². The number of ether oxygens (including phenoxy) is 2. The van der Waals surface area contributed by atoms with E-state index in [0.29, 0.717) is 28.2 Å². The number of aromatic nitrogens is 3. The number of thiazole rings is 1. The van der Waals surface area contributed by atoms with E-state index in [2.05, 4.69) is 25.6 Å². The Balaban J connectivity index is 1.62. The lowest BCUT2D eigenvalue weighted by molar-refractivity contribution is 0.415. The van der Waals surface area contributed by atoms with Crippen LogP contribution in [0.25, 0.3) is 10.2 Å². The first-order valence-electron chi connectivity index (χ1n) is 8.81. The molecule has 29 heavy (non-hydrogen) atoms. The van der Waals surface area contributed by atoms with Crippen molar-refractivity contribution in [2.45, 2.75) is 6.92 Å². The van der Waals surface area contributed by atoms with Crippen LogP contribution in [0.2, 0.25) is 0 Å². The van der Waals surface area contributed by atoms with Crippen molar-refractivity contribution in [1.29, 1.82) is 0 Å². The molecule has 9 heteroatoms. The molecule has 2 aromatic heterocycles. The summed E-state index contributed by atoms with van der Waals surface area (Å²) in [5, 5.41) is 7.09. The van der Waals surface area contributed by atoms with Crippen LogP contribution in [-0.2, 0) is 0 Å². The van der Waals surface area contributed by atoms with Crippen molar-refractivity contribution in [3.8, 4) is 11.5 Å². The van der Waals surface area contributed by atoms with E-state index in [1.165, 1.54) is 17.7 Å². The number of hydrogen-bond acceptors (Lipinski definition) is 9. The normalized spacial score (nSPS) is 10.7. The highest BCUT2D eigenvalue weighted by Gasteiger charge is 2.13. The number of hydrogen-bond donors (Lipinski definition) is 3. The number of nitrogens with two attached hydrogens (primary N) is 1. The second-order valence-corrected chi connectivity index (χ2v) is 7.32. The van der Waals surface area contributed by atoms with Crippen LogP contribution in [0.4, 0.5) is 28.1 Å². The zero-order valence-corrected chi connectivity index (χ0v) is 17.0. The molecule has 0 radical (unpaired) electrons. The fraction of sp³-hybridized carbons (Fsp3) is 0.150. The van der Waals surface area contributed by atoms with Crippen LogP contribution in [0.5, 0.6) is 11.5 Å². The lowest BCUT2D eigenvalue weighted by Gasteiger charge is -2.14. The second-order valence-electron chi connectivity index (χ2n) is 6.29. The molecule has 0 fully saturated rings. The smallest absolute Gasteiger partial charge is 0.189 e.